The van der Waals surface area contributed by atoms with Crippen molar-refractivity contribution in [2.45, 2.75) is 13.5 Å². The molecule has 92 valence electrons. The minimum Gasteiger partial charge on any atom is -0.380 e. The summed E-state index contributed by atoms with van der Waals surface area (Å²) in [6, 6.07) is 5.75. The van der Waals surface area contributed by atoms with E-state index in [4.69, 9.17) is 0 Å². The molecule has 3 rings (SSSR count). The molecule has 0 saturated carbocycles. The van der Waals surface area contributed by atoms with Gasteiger partial charge in [-0.3, -0.25) is 0 Å². The molecule has 1 aromatic carbocycles. The largest absolute Gasteiger partial charge is 0.380 e. The molecule has 0 radical (unpaired) electrons. The predicted octanol–water partition coefficient (Wildman–Crippen LogP) is 2.23. The summed E-state index contributed by atoms with van der Waals surface area (Å²) in [5.74, 6) is 0. The summed E-state index contributed by atoms with van der Waals surface area (Å²) in [5.41, 5.74) is 5.33. The van der Waals surface area contributed by atoms with Gasteiger partial charge in [-0.1, -0.05) is 0 Å². The molecule has 0 aliphatic carbocycles. The number of imidazole rings is 1. The van der Waals surface area contributed by atoms with E-state index >= 15 is 0 Å². The first-order valence-electron chi connectivity index (χ1n) is 5.57. The molecule has 0 saturated heterocycles. The van der Waals surface area contributed by atoms with Gasteiger partial charge < -0.3 is 15.3 Å². The number of aromatic amines is 2. The second-order valence-corrected chi connectivity index (χ2v) is 4.99. The topological polar surface area (TPSA) is 73.6 Å². The first kappa shape index (κ1) is 11.0. The van der Waals surface area contributed by atoms with Gasteiger partial charge in [-0.05, 0) is 25.1 Å². The van der Waals surface area contributed by atoms with Crippen molar-refractivity contribution < 1.29 is 0 Å². The lowest BCUT2D eigenvalue weighted by Gasteiger charge is -2.05. The first-order chi connectivity index (χ1) is 8.72. The average molecular weight is 260 g/mol. The normalized spacial score (nSPS) is 10.9. The third-order valence-corrected chi connectivity index (χ3v) is 3.75. The highest BCUT2D eigenvalue weighted by Gasteiger charge is 2.02. The van der Waals surface area contributed by atoms with Crippen molar-refractivity contribution in [1.82, 2.24) is 15.0 Å². The Balaban J connectivity index is 1.82. The van der Waals surface area contributed by atoms with Crippen LogP contribution in [0.2, 0.25) is 0 Å². The molecule has 6 heteroatoms. The summed E-state index contributed by atoms with van der Waals surface area (Å²) in [6.45, 7) is 2.75. The Hall–Kier alpha value is -2.08. The van der Waals surface area contributed by atoms with Gasteiger partial charge in [-0.2, -0.15) is 0 Å². The molecule has 0 bridgehead atoms. The van der Waals surface area contributed by atoms with Crippen molar-refractivity contribution in [3.8, 4) is 0 Å². The van der Waals surface area contributed by atoms with Gasteiger partial charge in [-0.25, -0.2) is 9.78 Å². The highest BCUT2D eigenvalue weighted by atomic mass is 32.1. The molecular weight excluding hydrogens is 248 g/mol. The SMILES string of the molecule is Cc1ncsc1CNc1ccc2[nH]c(=O)[nH]c2c1. The molecular formula is C12H12N4OS. The van der Waals surface area contributed by atoms with E-state index in [2.05, 4.69) is 20.3 Å². The van der Waals surface area contributed by atoms with Crippen LogP contribution >= 0.6 is 11.3 Å². The molecule has 3 N–H and O–H groups in total. The molecule has 0 fully saturated rings. The fourth-order valence-corrected chi connectivity index (χ4v) is 2.54. The lowest BCUT2D eigenvalue weighted by molar-refractivity contribution is 1.12. The maximum atomic E-state index is 11.2. The standard InChI is InChI=1S/C12H12N4OS/c1-7-11(18-6-14-7)5-13-8-2-3-9-10(4-8)16-12(17)15-9/h2-4,6,13H,5H2,1H3,(H2,15,16,17). The number of nitrogens with one attached hydrogen (secondary N) is 3. The molecule has 2 aromatic heterocycles. The van der Waals surface area contributed by atoms with Crippen LogP contribution in [0, 0.1) is 6.92 Å². The van der Waals surface area contributed by atoms with Crippen molar-refractivity contribution in [2.75, 3.05) is 5.32 Å². The third-order valence-electron chi connectivity index (χ3n) is 2.81. The molecule has 3 aromatic rings. The number of H-pyrrole nitrogens is 2. The molecule has 0 spiro atoms. The van der Waals surface area contributed by atoms with Gasteiger partial charge in [0.2, 0.25) is 0 Å². The van der Waals surface area contributed by atoms with Gasteiger partial charge in [0.1, 0.15) is 0 Å². The van der Waals surface area contributed by atoms with Crippen molar-refractivity contribution in [1.29, 1.82) is 0 Å². The second-order valence-electron chi connectivity index (χ2n) is 4.05. The van der Waals surface area contributed by atoms with E-state index in [1.165, 1.54) is 4.88 Å². The van der Waals surface area contributed by atoms with Crippen molar-refractivity contribution in [2.24, 2.45) is 0 Å². The van der Waals surface area contributed by atoms with E-state index in [1.807, 2.05) is 30.6 Å². The van der Waals surface area contributed by atoms with E-state index in [1.54, 1.807) is 11.3 Å². The molecule has 0 aliphatic heterocycles. The monoisotopic (exact) mass is 260 g/mol. The number of hydrogen-bond donors (Lipinski definition) is 3. The average Bonchev–Trinajstić information content (AvgIpc) is 2.90. The Kier molecular flexibility index (Phi) is 2.64. The highest BCUT2D eigenvalue weighted by Crippen LogP contribution is 2.18. The Bertz CT molecular complexity index is 740. The summed E-state index contributed by atoms with van der Waals surface area (Å²) in [6.07, 6.45) is 0. The van der Waals surface area contributed by atoms with Crippen LogP contribution in [-0.4, -0.2) is 15.0 Å². The van der Waals surface area contributed by atoms with Crippen LogP contribution in [0.25, 0.3) is 11.0 Å². The van der Waals surface area contributed by atoms with Gasteiger partial charge in [0.05, 0.1) is 28.8 Å². The van der Waals surface area contributed by atoms with Gasteiger partial charge in [0, 0.05) is 10.6 Å². The fourth-order valence-electron chi connectivity index (χ4n) is 1.82. The van der Waals surface area contributed by atoms with Crippen LogP contribution in [-0.2, 0) is 6.54 Å². The molecule has 0 unspecified atom stereocenters. The Labute approximate surface area is 107 Å². The molecule has 2 heterocycles. The summed E-state index contributed by atoms with van der Waals surface area (Å²) in [5, 5.41) is 3.32. The second kappa shape index (κ2) is 4.30. The smallest absolute Gasteiger partial charge is 0.323 e. The number of thiazole rings is 1. The molecule has 5 nitrogen and oxygen atoms in total. The maximum Gasteiger partial charge on any atom is 0.323 e. The van der Waals surface area contributed by atoms with Gasteiger partial charge in [-0.15, -0.1) is 11.3 Å². The number of benzene rings is 1. The highest BCUT2D eigenvalue weighted by molar-refractivity contribution is 7.09. The van der Waals surface area contributed by atoms with Crippen LogP contribution in [0.3, 0.4) is 0 Å². The molecule has 0 amide bonds. The zero-order valence-corrected chi connectivity index (χ0v) is 10.6. The Morgan fingerprint density at radius 3 is 2.94 bits per heavy atom. The number of aromatic nitrogens is 3. The van der Waals surface area contributed by atoms with Crippen LogP contribution in [0.4, 0.5) is 5.69 Å². The molecule has 0 aliphatic rings. The van der Waals surface area contributed by atoms with Gasteiger partial charge in [0.25, 0.3) is 0 Å². The zero-order chi connectivity index (χ0) is 12.5. The van der Waals surface area contributed by atoms with Gasteiger partial charge in [0.15, 0.2) is 0 Å². The Morgan fingerprint density at radius 1 is 1.33 bits per heavy atom. The minimum absolute atomic E-state index is 0.180. The number of anilines is 1. The molecule has 18 heavy (non-hydrogen) atoms. The number of rotatable bonds is 3. The zero-order valence-electron chi connectivity index (χ0n) is 9.78. The first-order valence-corrected chi connectivity index (χ1v) is 6.45. The number of nitrogens with zero attached hydrogens (tertiary/aromatic N) is 1. The maximum absolute atomic E-state index is 11.2. The van der Waals surface area contributed by atoms with Crippen LogP contribution in [0.5, 0.6) is 0 Å². The quantitative estimate of drug-likeness (QED) is 0.676. The summed E-state index contributed by atoms with van der Waals surface area (Å²) in [4.78, 5) is 22.0. The predicted molar refractivity (Wildman–Crippen MR) is 73.1 cm³/mol. The van der Waals surface area contributed by atoms with E-state index in [0.717, 1.165) is 29.0 Å². The third kappa shape index (κ3) is 2.02. The van der Waals surface area contributed by atoms with E-state index in [9.17, 15) is 4.79 Å². The van der Waals surface area contributed by atoms with Crippen molar-refractivity contribution in [3.63, 3.8) is 0 Å². The Morgan fingerprint density at radius 2 is 2.17 bits per heavy atom. The van der Waals surface area contributed by atoms with Crippen LogP contribution < -0.4 is 11.0 Å². The minimum atomic E-state index is -0.180. The van der Waals surface area contributed by atoms with E-state index in [0.29, 0.717) is 0 Å². The van der Waals surface area contributed by atoms with Crippen LogP contribution in [0.15, 0.2) is 28.5 Å². The van der Waals surface area contributed by atoms with Crippen molar-refractivity contribution in [3.05, 3.63) is 44.8 Å². The van der Waals surface area contributed by atoms with Crippen LogP contribution in [0.1, 0.15) is 10.6 Å². The molecule has 0 atom stereocenters. The van der Waals surface area contributed by atoms with Gasteiger partial charge >= 0.3 is 5.69 Å². The lowest BCUT2D eigenvalue weighted by Crippen LogP contribution is -1.99. The number of aryl methyl sites for hydroxylation is 1. The van der Waals surface area contributed by atoms with Crippen molar-refractivity contribution >= 4 is 28.1 Å². The fraction of sp³-hybridized carbons (Fsp3) is 0.167. The number of fused-ring (bicyclic) bond motifs is 1. The van der Waals surface area contributed by atoms with E-state index in [-0.39, 0.29) is 5.69 Å². The lowest BCUT2D eigenvalue weighted by atomic mass is 10.2. The summed E-state index contributed by atoms with van der Waals surface area (Å²) < 4.78 is 0. The number of hydrogen-bond acceptors (Lipinski definition) is 4. The summed E-state index contributed by atoms with van der Waals surface area (Å²) >= 11 is 1.64. The summed E-state index contributed by atoms with van der Waals surface area (Å²) in [7, 11) is 0. The van der Waals surface area contributed by atoms with E-state index < -0.39 is 0 Å².